The number of esters is 1. The fraction of sp³-hybridized carbons (Fsp3) is 0.500. The molecule has 20 heavy (non-hydrogen) atoms. The van der Waals surface area contributed by atoms with Crippen LogP contribution in [0.5, 0.6) is 0 Å². The van der Waals surface area contributed by atoms with Gasteiger partial charge in [0.05, 0.1) is 6.61 Å². The second-order valence-electron chi connectivity index (χ2n) is 4.63. The number of ether oxygens (including phenoxy) is 1. The Morgan fingerprint density at radius 2 is 2.30 bits per heavy atom. The predicted octanol–water partition coefficient (Wildman–Crippen LogP) is 1.78. The van der Waals surface area contributed by atoms with Gasteiger partial charge in [0, 0.05) is 24.4 Å². The quantitative estimate of drug-likeness (QED) is 0.625. The van der Waals surface area contributed by atoms with E-state index in [4.69, 9.17) is 4.74 Å². The molecule has 1 atom stereocenters. The van der Waals surface area contributed by atoms with Gasteiger partial charge in [0.25, 0.3) is 5.91 Å². The molecular weight excluding hydrogens is 263 g/mol. The first-order chi connectivity index (χ1) is 9.63. The van der Waals surface area contributed by atoms with E-state index in [0.29, 0.717) is 13.0 Å². The van der Waals surface area contributed by atoms with Crippen molar-refractivity contribution >= 4 is 11.9 Å². The summed E-state index contributed by atoms with van der Waals surface area (Å²) in [6, 6.07) is 1.95. The molecule has 6 heteroatoms. The number of pyridine rings is 1. The summed E-state index contributed by atoms with van der Waals surface area (Å²) in [5.41, 5.74) is 0.202. The minimum Gasteiger partial charge on any atom is -0.464 e. The third-order valence-corrected chi connectivity index (χ3v) is 3.30. The van der Waals surface area contributed by atoms with E-state index in [2.05, 4.69) is 4.98 Å². The van der Waals surface area contributed by atoms with E-state index < -0.39 is 18.0 Å². The number of hydrogen-bond acceptors (Lipinski definition) is 4. The second kappa shape index (κ2) is 6.45. The van der Waals surface area contributed by atoms with Crippen molar-refractivity contribution in [2.24, 2.45) is 0 Å². The molecule has 0 aliphatic carbocycles. The van der Waals surface area contributed by atoms with Gasteiger partial charge < -0.3 is 9.64 Å². The van der Waals surface area contributed by atoms with Crippen LogP contribution in [0.15, 0.2) is 18.3 Å². The lowest BCUT2D eigenvalue weighted by atomic mass is 10.0. The molecular formula is C14H17FN2O3. The number of amides is 1. The number of piperidine rings is 1. The van der Waals surface area contributed by atoms with E-state index in [1.807, 2.05) is 0 Å². The van der Waals surface area contributed by atoms with Gasteiger partial charge in [0.2, 0.25) is 5.95 Å². The molecule has 2 heterocycles. The van der Waals surface area contributed by atoms with Crippen LogP contribution >= 0.6 is 0 Å². The molecule has 1 saturated heterocycles. The monoisotopic (exact) mass is 280 g/mol. The number of carbonyl (C=O) groups is 2. The Hall–Kier alpha value is -1.98. The Balaban J connectivity index is 2.19. The molecule has 0 saturated carbocycles. The summed E-state index contributed by atoms with van der Waals surface area (Å²) >= 11 is 0. The average Bonchev–Trinajstić information content (AvgIpc) is 2.47. The summed E-state index contributed by atoms with van der Waals surface area (Å²) in [6.45, 7) is 2.48. The highest BCUT2D eigenvalue weighted by atomic mass is 19.1. The van der Waals surface area contributed by atoms with E-state index in [9.17, 15) is 14.0 Å². The Morgan fingerprint density at radius 1 is 1.50 bits per heavy atom. The van der Waals surface area contributed by atoms with Crippen LogP contribution in [0.4, 0.5) is 4.39 Å². The van der Waals surface area contributed by atoms with Crippen molar-refractivity contribution < 1.29 is 18.7 Å². The highest BCUT2D eigenvalue weighted by molar-refractivity contribution is 5.96. The van der Waals surface area contributed by atoms with Crippen LogP contribution in [0.2, 0.25) is 0 Å². The van der Waals surface area contributed by atoms with Gasteiger partial charge in [-0.15, -0.1) is 0 Å². The number of nitrogens with zero attached hydrogens (tertiary/aromatic N) is 2. The molecule has 2 rings (SSSR count). The Bertz CT molecular complexity index is 507. The summed E-state index contributed by atoms with van der Waals surface area (Å²) < 4.78 is 18.1. The molecule has 1 aliphatic heterocycles. The van der Waals surface area contributed by atoms with Gasteiger partial charge in [-0.1, -0.05) is 0 Å². The van der Waals surface area contributed by atoms with Gasteiger partial charge in [0.1, 0.15) is 6.04 Å². The Kier molecular flexibility index (Phi) is 4.65. The zero-order chi connectivity index (χ0) is 14.5. The maximum Gasteiger partial charge on any atom is 0.328 e. The number of hydrogen-bond donors (Lipinski definition) is 0. The third kappa shape index (κ3) is 3.12. The predicted molar refractivity (Wildman–Crippen MR) is 69.5 cm³/mol. The number of rotatable bonds is 3. The largest absolute Gasteiger partial charge is 0.464 e. The van der Waals surface area contributed by atoms with Crippen LogP contribution in [0, 0.1) is 5.95 Å². The average molecular weight is 280 g/mol. The third-order valence-electron chi connectivity index (χ3n) is 3.30. The van der Waals surface area contributed by atoms with Crippen LogP contribution < -0.4 is 0 Å². The standard InChI is InChI=1S/C14H17FN2O3/c1-2-20-14(19)11-5-3-4-8-17(11)13(18)10-6-7-16-12(15)9-10/h6-7,9,11H,2-5,8H2,1H3. The van der Waals surface area contributed by atoms with E-state index in [1.165, 1.54) is 17.2 Å². The Labute approximate surface area is 116 Å². The van der Waals surface area contributed by atoms with Gasteiger partial charge in [-0.2, -0.15) is 4.39 Å². The minimum atomic E-state index is -0.708. The number of halogens is 1. The van der Waals surface area contributed by atoms with E-state index in [0.717, 1.165) is 18.9 Å². The lowest BCUT2D eigenvalue weighted by Gasteiger charge is -2.34. The number of aromatic nitrogens is 1. The summed E-state index contributed by atoms with van der Waals surface area (Å²) in [4.78, 5) is 29.2. The first-order valence-electron chi connectivity index (χ1n) is 6.72. The molecule has 0 N–H and O–H groups in total. The molecule has 0 spiro atoms. The summed E-state index contributed by atoms with van der Waals surface area (Å²) in [5.74, 6) is -1.46. The van der Waals surface area contributed by atoms with Gasteiger partial charge in [-0.3, -0.25) is 4.79 Å². The molecule has 1 aromatic rings. The van der Waals surface area contributed by atoms with Crippen LogP contribution in [-0.4, -0.2) is 41.0 Å². The second-order valence-corrected chi connectivity index (χ2v) is 4.63. The topological polar surface area (TPSA) is 59.5 Å². The molecule has 5 nitrogen and oxygen atoms in total. The zero-order valence-corrected chi connectivity index (χ0v) is 11.3. The molecule has 0 radical (unpaired) electrons. The summed E-state index contributed by atoms with van der Waals surface area (Å²) in [6.07, 6.45) is 3.53. The van der Waals surface area contributed by atoms with E-state index >= 15 is 0 Å². The summed E-state index contributed by atoms with van der Waals surface area (Å²) in [7, 11) is 0. The van der Waals surface area contributed by atoms with Crippen molar-refractivity contribution in [2.75, 3.05) is 13.2 Å². The number of likely N-dealkylation sites (tertiary alicyclic amines) is 1. The van der Waals surface area contributed by atoms with Crippen LogP contribution in [0.25, 0.3) is 0 Å². The molecule has 0 aromatic carbocycles. The lowest BCUT2D eigenvalue weighted by Crippen LogP contribution is -2.48. The van der Waals surface area contributed by atoms with Crippen molar-refractivity contribution in [2.45, 2.75) is 32.2 Å². The van der Waals surface area contributed by atoms with Crippen molar-refractivity contribution in [1.82, 2.24) is 9.88 Å². The molecule has 0 bridgehead atoms. The van der Waals surface area contributed by atoms with Gasteiger partial charge >= 0.3 is 5.97 Å². The SMILES string of the molecule is CCOC(=O)C1CCCCN1C(=O)c1ccnc(F)c1. The Morgan fingerprint density at radius 3 is 3.00 bits per heavy atom. The molecule has 108 valence electrons. The summed E-state index contributed by atoms with van der Waals surface area (Å²) in [5, 5.41) is 0. The van der Waals surface area contributed by atoms with Crippen LogP contribution in [0.3, 0.4) is 0 Å². The van der Waals surface area contributed by atoms with Gasteiger partial charge in [-0.25, -0.2) is 9.78 Å². The van der Waals surface area contributed by atoms with E-state index in [-0.39, 0.29) is 18.1 Å². The fourth-order valence-corrected chi connectivity index (χ4v) is 2.36. The van der Waals surface area contributed by atoms with Crippen molar-refractivity contribution in [3.63, 3.8) is 0 Å². The zero-order valence-electron chi connectivity index (χ0n) is 11.3. The fourth-order valence-electron chi connectivity index (χ4n) is 2.36. The molecule has 1 fully saturated rings. The van der Waals surface area contributed by atoms with Crippen LogP contribution in [-0.2, 0) is 9.53 Å². The van der Waals surface area contributed by atoms with Crippen molar-refractivity contribution in [3.8, 4) is 0 Å². The maximum absolute atomic E-state index is 13.1. The van der Waals surface area contributed by atoms with E-state index in [1.54, 1.807) is 6.92 Å². The molecule has 1 unspecified atom stereocenters. The smallest absolute Gasteiger partial charge is 0.328 e. The van der Waals surface area contributed by atoms with Crippen LogP contribution in [0.1, 0.15) is 36.5 Å². The molecule has 1 aliphatic rings. The molecule has 1 amide bonds. The van der Waals surface area contributed by atoms with Gasteiger partial charge in [-0.05, 0) is 32.3 Å². The normalized spacial score (nSPS) is 18.7. The van der Waals surface area contributed by atoms with Crippen molar-refractivity contribution in [3.05, 3.63) is 29.8 Å². The minimum absolute atomic E-state index is 0.202. The highest BCUT2D eigenvalue weighted by Crippen LogP contribution is 2.21. The molecule has 1 aromatic heterocycles. The lowest BCUT2D eigenvalue weighted by molar-refractivity contribution is -0.149. The maximum atomic E-state index is 13.1. The first-order valence-corrected chi connectivity index (χ1v) is 6.72. The highest BCUT2D eigenvalue weighted by Gasteiger charge is 2.33. The van der Waals surface area contributed by atoms with Crippen molar-refractivity contribution in [1.29, 1.82) is 0 Å². The first kappa shape index (κ1) is 14.4. The van der Waals surface area contributed by atoms with Gasteiger partial charge in [0.15, 0.2) is 0 Å². The number of carbonyl (C=O) groups excluding carboxylic acids is 2.